The minimum atomic E-state index is -1.08. The molecule has 23 heavy (non-hydrogen) atoms. The van der Waals surface area contributed by atoms with Gasteiger partial charge in [-0.1, -0.05) is 24.3 Å². The van der Waals surface area contributed by atoms with Crippen LogP contribution in [0.2, 0.25) is 0 Å². The Morgan fingerprint density at radius 2 is 1.17 bits per heavy atom. The van der Waals surface area contributed by atoms with Gasteiger partial charge in [-0.05, 0) is 39.5 Å². The SMILES string of the molecule is C/C=C/CCC(Cl)CC(=O)[O-].C/C=C/CCC(Cl)CC(=O)[O-].[Ca+2]. The molecule has 7 heteroatoms. The van der Waals surface area contributed by atoms with Gasteiger partial charge < -0.3 is 19.8 Å². The van der Waals surface area contributed by atoms with Gasteiger partial charge in [-0.3, -0.25) is 0 Å². The molecular formula is C16H24CaCl2O4. The van der Waals surface area contributed by atoms with Crippen molar-refractivity contribution in [2.45, 2.75) is 63.1 Å². The van der Waals surface area contributed by atoms with Gasteiger partial charge in [0.2, 0.25) is 0 Å². The molecule has 0 amide bonds. The standard InChI is InChI=1S/2C8H13ClO2.Ca/c2*1-2-3-4-5-7(9)6-8(10)11;/h2*2-3,7H,4-6H2,1H3,(H,10,11);/q;;+2/p-2/b2*3-2+;. The summed E-state index contributed by atoms with van der Waals surface area (Å²) in [7, 11) is 0. The molecule has 0 rings (SSSR count). The van der Waals surface area contributed by atoms with Gasteiger partial charge >= 0.3 is 37.7 Å². The van der Waals surface area contributed by atoms with Crippen LogP contribution in [-0.4, -0.2) is 60.4 Å². The Balaban J connectivity index is -0.000000333. The van der Waals surface area contributed by atoms with Crippen molar-refractivity contribution in [2.75, 3.05) is 0 Å². The third kappa shape index (κ3) is 27.4. The van der Waals surface area contributed by atoms with Crippen molar-refractivity contribution in [3.8, 4) is 0 Å². The van der Waals surface area contributed by atoms with Gasteiger partial charge in [0, 0.05) is 35.5 Å². The van der Waals surface area contributed by atoms with Gasteiger partial charge in [0.1, 0.15) is 0 Å². The fraction of sp³-hybridized carbons (Fsp3) is 0.625. The Labute approximate surface area is 178 Å². The van der Waals surface area contributed by atoms with E-state index < -0.39 is 11.9 Å². The zero-order valence-electron chi connectivity index (χ0n) is 13.8. The first-order chi connectivity index (χ1) is 10.3. The third-order valence-corrected chi connectivity index (χ3v) is 3.29. The molecule has 0 aliphatic rings. The summed E-state index contributed by atoms with van der Waals surface area (Å²) in [5.74, 6) is -2.16. The quantitative estimate of drug-likeness (QED) is 0.323. The van der Waals surface area contributed by atoms with Crippen molar-refractivity contribution in [1.29, 1.82) is 0 Å². The molecule has 0 aromatic carbocycles. The summed E-state index contributed by atoms with van der Waals surface area (Å²) < 4.78 is 0. The second kappa shape index (κ2) is 20.3. The maximum absolute atomic E-state index is 10.0. The van der Waals surface area contributed by atoms with E-state index in [1.54, 1.807) is 0 Å². The van der Waals surface area contributed by atoms with Crippen LogP contribution in [0.4, 0.5) is 0 Å². The minimum Gasteiger partial charge on any atom is -0.550 e. The summed E-state index contributed by atoms with van der Waals surface area (Å²) >= 11 is 11.3. The van der Waals surface area contributed by atoms with E-state index in [-0.39, 0.29) is 61.3 Å². The Kier molecular flexibility index (Phi) is 24.8. The molecule has 0 aliphatic carbocycles. The first kappa shape index (κ1) is 28.1. The zero-order chi connectivity index (χ0) is 17.4. The molecule has 0 aliphatic heterocycles. The van der Waals surface area contributed by atoms with Gasteiger partial charge in [0.15, 0.2) is 0 Å². The van der Waals surface area contributed by atoms with Gasteiger partial charge in [-0.2, -0.15) is 0 Å². The van der Waals surface area contributed by atoms with E-state index in [1.165, 1.54) is 0 Å². The van der Waals surface area contributed by atoms with Crippen LogP contribution in [0.3, 0.4) is 0 Å². The molecule has 0 bridgehead atoms. The smallest absolute Gasteiger partial charge is 0.550 e. The Morgan fingerprint density at radius 1 is 0.870 bits per heavy atom. The number of alkyl halides is 2. The topological polar surface area (TPSA) is 80.3 Å². The molecule has 2 atom stereocenters. The second-order valence-corrected chi connectivity index (χ2v) is 5.87. The van der Waals surface area contributed by atoms with Crippen LogP contribution in [0.1, 0.15) is 52.4 Å². The molecule has 0 heterocycles. The van der Waals surface area contributed by atoms with E-state index in [4.69, 9.17) is 23.2 Å². The van der Waals surface area contributed by atoms with Gasteiger partial charge in [0.05, 0.1) is 0 Å². The van der Waals surface area contributed by atoms with Crippen LogP contribution in [0, 0.1) is 0 Å². The maximum atomic E-state index is 10.0. The Bertz CT molecular complexity index is 326. The van der Waals surface area contributed by atoms with Crippen molar-refractivity contribution in [2.24, 2.45) is 0 Å². The largest absolute Gasteiger partial charge is 2.00 e. The molecule has 2 unspecified atom stereocenters. The number of halogens is 2. The average molecular weight is 391 g/mol. The van der Waals surface area contributed by atoms with Crippen LogP contribution >= 0.6 is 23.2 Å². The molecule has 128 valence electrons. The average Bonchev–Trinajstić information content (AvgIpc) is 2.38. The third-order valence-electron chi connectivity index (χ3n) is 2.54. The first-order valence-corrected chi connectivity index (χ1v) is 8.10. The summed E-state index contributed by atoms with van der Waals surface area (Å²) in [4.78, 5) is 20.1. The number of carbonyl (C=O) groups is 2. The summed E-state index contributed by atoms with van der Waals surface area (Å²) in [5.41, 5.74) is 0. The summed E-state index contributed by atoms with van der Waals surface area (Å²) in [6.45, 7) is 3.84. The van der Waals surface area contributed by atoms with Crippen LogP contribution in [0.15, 0.2) is 24.3 Å². The van der Waals surface area contributed by atoms with Crippen LogP contribution in [-0.2, 0) is 9.59 Å². The predicted octanol–water partition coefficient (Wildman–Crippen LogP) is 1.80. The van der Waals surface area contributed by atoms with Crippen molar-refractivity contribution in [3.63, 3.8) is 0 Å². The molecular weight excluding hydrogens is 367 g/mol. The van der Waals surface area contributed by atoms with Crippen molar-refractivity contribution < 1.29 is 19.8 Å². The van der Waals surface area contributed by atoms with E-state index in [0.717, 1.165) is 12.8 Å². The number of carboxylic acid groups (broad SMARTS) is 2. The number of hydrogen-bond acceptors (Lipinski definition) is 4. The number of hydrogen-bond donors (Lipinski definition) is 0. The van der Waals surface area contributed by atoms with E-state index in [0.29, 0.717) is 12.8 Å². The maximum Gasteiger partial charge on any atom is 2.00 e. The molecule has 0 aromatic rings. The number of rotatable bonds is 10. The van der Waals surface area contributed by atoms with Crippen LogP contribution in [0.25, 0.3) is 0 Å². The molecule has 0 radical (unpaired) electrons. The van der Waals surface area contributed by atoms with Crippen molar-refractivity contribution in [3.05, 3.63) is 24.3 Å². The molecule has 0 saturated heterocycles. The molecule has 4 nitrogen and oxygen atoms in total. The number of allylic oxidation sites excluding steroid dienone is 4. The Hall–Kier alpha value is 0.260. The van der Waals surface area contributed by atoms with E-state index in [9.17, 15) is 19.8 Å². The van der Waals surface area contributed by atoms with Crippen molar-refractivity contribution in [1.82, 2.24) is 0 Å². The second-order valence-electron chi connectivity index (χ2n) is 4.64. The first-order valence-electron chi connectivity index (χ1n) is 7.23. The minimum absolute atomic E-state index is 0. The predicted molar refractivity (Wildman–Crippen MR) is 92.4 cm³/mol. The summed E-state index contributed by atoms with van der Waals surface area (Å²) in [6, 6.07) is 0. The fourth-order valence-electron chi connectivity index (χ4n) is 1.45. The monoisotopic (exact) mass is 390 g/mol. The molecule has 0 saturated carbocycles. The van der Waals surface area contributed by atoms with E-state index >= 15 is 0 Å². The van der Waals surface area contributed by atoms with Gasteiger partial charge in [-0.15, -0.1) is 23.2 Å². The number of aliphatic carboxylic acids is 2. The van der Waals surface area contributed by atoms with E-state index in [2.05, 4.69) is 0 Å². The summed E-state index contributed by atoms with van der Waals surface area (Å²) in [6.07, 6.45) is 10.7. The fourth-order valence-corrected chi connectivity index (χ4v) is 1.96. The number of carbonyl (C=O) groups excluding carboxylic acids is 2. The molecule has 0 fully saturated rings. The Morgan fingerprint density at radius 3 is 1.39 bits per heavy atom. The van der Waals surface area contributed by atoms with Crippen LogP contribution in [0.5, 0.6) is 0 Å². The molecule has 0 N–H and O–H groups in total. The van der Waals surface area contributed by atoms with Crippen molar-refractivity contribution >= 4 is 72.9 Å². The number of carboxylic acids is 2. The normalized spacial score (nSPS) is 13.0. The van der Waals surface area contributed by atoms with Gasteiger partial charge in [0.25, 0.3) is 0 Å². The zero-order valence-corrected chi connectivity index (χ0v) is 17.5. The van der Waals surface area contributed by atoms with Crippen LogP contribution < -0.4 is 10.2 Å². The molecule has 0 aromatic heterocycles. The van der Waals surface area contributed by atoms with E-state index in [1.807, 2.05) is 38.2 Å². The van der Waals surface area contributed by atoms with Gasteiger partial charge in [-0.25, -0.2) is 0 Å². The molecule has 0 spiro atoms. The summed E-state index contributed by atoms with van der Waals surface area (Å²) in [5, 5.41) is 19.5.